The van der Waals surface area contributed by atoms with E-state index in [4.69, 9.17) is 9.47 Å². The number of ether oxygens (including phenoxy) is 2. The Balaban J connectivity index is 1.76. The second-order valence-corrected chi connectivity index (χ2v) is 6.22. The van der Waals surface area contributed by atoms with Crippen molar-refractivity contribution < 1.29 is 14.3 Å². The zero-order valence-electron chi connectivity index (χ0n) is 14.7. The average Bonchev–Trinajstić information content (AvgIpc) is 3.22. The number of methoxy groups -OCH3 is 1. The van der Waals surface area contributed by atoms with Gasteiger partial charge in [-0.05, 0) is 30.5 Å². The SMILES string of the molecule is COCCO[C@H]1CCN(C(=O)c2cccnc2)[C@H]1Cc1cnn(C)c1. The summed E-state index contributed by atoms with van der Waals surface area (Å²) < 4.78 is 12.8. The maximum atomic E-state index is 12.9. The van der Waals surface area contributed by atoms with Crippen molar-refractivity contribution in [1.82, 2.24) is 19.7 Å². The van der Waals surface area contributed by atoms with Crippen molar-refractivity contribution in [1.29, 1.82) is 0 Å². The van der Waals surface area contributed by atoms with Crippen molar-refractivity contribution in [3.63, 3.8) is 0 Å². The van der Waals surface area contributed by atoms with Crippen molar-refractivity contribution in [2.24, 2.45) is 7.05 Å². The predicted octanol–water partition coefficient (Wildman–Crippen LogP) is 1.30. The molecule has 134 valence electrons. The number of nitrogens with zero attached hydrogens (tertiary/aromatic N) is 4. The van der Waals surface area contributed by atoms with Gasteiger partial charge in [0.15, 0.2) is 0 Å². The smallest absolute Gasteiger partial charge is 0.255 e. The average molecular weight is 344 g/mol. The van der Waals surface area contributed by atoms with Crippen LogP contribution in [0.3, 0.4) is 0 Å². The fraction of sp³-hybridized carbons (Fsp3) is 0.500. The minimum Gasteiger partial charge on any atom is -0.382 e. The van der Waals surface area contributed by atoms with Crippen molar-refractivity contribution in [3.05, 3.63) is 48.0 Å². The van der Waals surface area contributed by atoms with E-state index in [1.165, 1.54) is 0 Å². The summed E-state index contributed by atoms with van der Waals surface area (Å²) in [6.45, 7) is 1.75. The lowest BCUT2D eigenvalue weighted by molar-refractivity contribution is 0.000487. The molecule has 7 heteroatoms. The molecule has 25 heavy (non-hydrogen) atoms. The lowest BCUT2D eigenvalue weighted by Gasteiger charge is -2.28. The van der Waals surface area contributed by atoms with Gasteiger partial charge >= 0.3 is 0 Å². The van der Waals surface area contributed by atoms with Crippen LogP contribution >= 0.6 is 0 Å². The van der Waals surface area contributed by atoms with Crippen LogP contribution in [-0.2, 0) is 22.9 Å². The molecule has 3 rings (SSSR count). The highest BCUT2D eigenvalue weighted by Gasteiger charge is 2.38. The Kier molecular flexibility index (Phi) is 5.78. The maximum absolute atomic E-state index is 12.9. The summed E-state index contributed by atoms with van der Waals surface area (Å²) in [5.74, 6) is -0.000156. The molecular weight excluding hydrogens is 320 g/mol. The van der Waals surface area contributed by atoms with Crippen molar-refractivity contribution >= 4 is 5.91 Å². The Morgan fingerprint density at radius 3 is 2.92 bits per heavy atom. The molecule has 0 N–H and O–H groups in total. The largest absolute Gasteiger partial charge is 0.382 e. The zero-order valence-corrected chi connectivity index (χ0v) is 14.7. The minimum absolute atomic E-state index is 0.000156. The fourth-order valence-electron chi connectivity index (χ4n) is 3.27. The Labute approximate surface area is 147 Å². The summed E-state index contributed by atoms with van der Waals surface area (Å²) >= 11 is 0. The number of carbonyl (C=O) groups excluding carboxylic acids is 1. The normalized spacial score (nSPS) is 20.2. The monoisotopic (exact) mass is 344 g/mol. The number of carbonyl (C=O) groups is 1. The first-order chi connectivity index (χ1) is 12.2. The van der Waals surface area contributed by atoms with Gasteiger partial charge in [0, 0.05) is 39.3 Å². The van der Waals surface area contributed by atoms with E-state index in [2.05, 4.69) is 10.1 Å². The van der Waals surface area contributed by atoms with Crippen molar-refractivity contribution in [2.75, 3.05) is 26.9 Å². The molecule has 0 spiro atoms. The number of aromatic nitrogens is 3. The molecule has 1 saturated heterocycles. The highest BCUT2D eigenvalue weighted by atomic mass is 16.5. The number of hydrogen-bond acceptors (Lipinski definition) is 5. The molecule has 1 amide bonds. The summed E-state index contributed by atoms with van der Waals surface area (Å²) in [4.78, 5) is 18.9. The first-order valence-corrected chi connectivity index (χ1v) is 8.48. The van der Waals surface area contributed by atoms with Crippen LogP contribution in [0, 0.1) is 0 Å². The zero-order chi connectivity index (χ0) is 17.6. The molecule has 0 aliphatic carbocycles. The molecule has 2 aromatic rings. The summed E-state index contributed by atoms with van der Waals surface area (Å²) in [6.07, 6.45) is 8.65. The standard InChI is InChI=1S/C18H24N4O3/c1-21-13-14(11-20-21)10-16-17(25-9-8-24-2)5-7-22(16)18(23)15-4-3-6-19-12-15/h3-4,6,11-13,16-17H,5,7-10H2,1-2H3/t16-,17-/m0/s1. The van der Waals surface area contributed by atoms with E-state index < -0.39 is 0 Å². The summed E-state index contributed by atoms with van der Waals surface area (Å²) in [5, 5.41) is 4.23. The molecule has 1 aliphatic heterocycles. The van der Waals surface area contributed by atoms with Crippen LogP contribution in [0.1, 0.15) is 22.3 Å². The van der Waals surface area contributed by atoms with E-state index in [0.29, 0.717) is 25.3 Å². The first-order valence-electron chi connectivity index (χ1n) is 8.48. The Hall–Kier alpha value is -2.25. The molecule has 0 radical (unpaired) electrons. The highest BCUT2D eigenvalue weighted by Crippen LogP contribution is 2.26. The van der Waals surface area contributed by atoms with Crippen LogP contribution in [0.2, 0.25) is 0 Å². The Morgan fingerprint density at radius 1 is 1.36 bits per heavy atom. The molecule has 3 heterocycles. The first kappa shape index (κ1) is 17.6. The minimum atomic E-state index is -0.0197. The van der Waals surface area contributed by atoms with Gasteiger partial charge in [-0.25, -0.2) is 0 Å². The third-order valence-corrected chi connectivity index (χ3v) is 4.48. The van der Waals surface area contributed by atoms with Gasteiger partial charge in [-0.1, -0.05) is 0 Å². The van der Waals surface area contributed by atoms with Crippen molar-refractivity contribution in [2.45, 2.75) is 25.0 Å². The summed E-state index contributed by atoms with van der Waals surface area (Å²) in [7, 11) is 3.55. The molecule has 0 unspecified atom stereocenters. The number of hydrogen-bond donors (Lipinski definition) is 0. The van der Waals surface area contributed by atoms with E-state index in [9.17, 15) is 4.79 Å². The highest BCUT2D eigenvalue weighted by molar-refractivity contribution is 5.94. The number of rotatable bonds is 7. The van der Waals surface area contributed by atoms with Gasteiger partial charge in [-0.2, -0.15) is 5.10 Å². The summed E-state index contributed by atoms with van der Waals surface area (Å²) in [6, 6.07) is 3.57. The molecule has 1 aliphatic rings. The van der Waals surface area contributed by atoms with E-state index >= 15 is 0 Å². The van der Waals surface area contributed by atoms with Gasteiger partial charge in [-0.3, -0.25) is 14.5 Å². The number of pyridine rings is 1. The molecule has 0 saturated carbocycles. The molecule has 1 fully saturated rings. The molecule has 7 nitrogen and oxygen atoms in total. The van der Waals surface area contributed by atoms with E-state index in [0.717, 1.165) is 18.4 Å². The lowest BCUT2D eigenvalue weighted by Crippen LogP contribution is -2.42. The van der Waals surface area contributed by atoms with Crippen LogP contribution in [-0.4, -0.2) is 64.6 Å². The summed E-state index contributed by atoms with van der Waals surface area (Å²) in [5.41, 5.74) is 1.70. The lowest BCUT2D eigenvalue weighted by atomic mass is 10.0. The molecule has 0 aromatic carbocycles. The van der Waals surface area contributed by atoms with Gasteiger partial charge in [0.1, 0.15) is 0 Å². The second kappa shape index (κ2) is 8.22. The van der Waals surface area contributed by atoms with Gasteiger partial charge in [0.25, 0.3) is 5.91 Å². The number of likely N-dealkylation sites (tertiary alicyclic amines) is 1. The second-order valence-electron chi connectivity index (χ2n) is 6.22. The number of amides is 1. The topological polar surface area (TPSA) is 69.5 Å². The van der Waals surface area contributed by atoms with Crippen LogP contribution in [0.4, 0.5) is 0 Å². The quantitative estimate of drug-likeness (QED) is 0.708. The molecule has 2 aromatic heterocycles. The van der Waals surface area contributed by atoms with Crippen LogP contribution in [0.5, 0.6) is 0 Å². The Bertz CT molecular complexity index is 689. The maximum Gasteiger partial charge on any atom is 0.255 e. The van der Waals surface area contributed by atoms with E-state index in [1.807, 2.05) is 24.3 Å². The van der Waals surface area contributed by atoms with Crippen molar-refractivity contribution in [3.8, 4) is 0 Å². The van der Waals surface area contributed by atoms with Gasteiger partial charge in [0.05, 0.1) is 37.1 Å². The molecule has 0 bridgehead atoms. The third-order valence-electron chi connectivity index (χ3n) is 4.48. The molecule has 2 atom stereocenters. The van der Waals surface area contributed by atoms with E-state index in [-0.39, 0.29) is 18.1 Å². The van der Waals surface area contributed by atoms with Crippen LogP contribution in [0.15, 0.2) is 36.9 Å². The van der Waals surface area contributed by atoms with E-state index in [1.54, 1.807) is 36.3 Å². The fourth-order valence-corrected chi connectivity index (χ4v) is 3.27. The van der Waals surface area contributed by atoms with Gasteiger partial charge in [-0.15, -0.1) is 0 Å². The Morgan fingerprint density at radius 2 is 2.24 bits per heavy atom. The predicted molar refractivity (Wildman–Crippen MR) is 92.2 cm³/mol. The molecular formula is C18H24N4O3. The van der Waals surface area contributed by atoms with Gasteiger partial charge < -0.3 is 14.4 Å². The third kappa shape index (κ3) is 4.24. The van der Waals surface area contributed by atoms with Crippen LogP contribution < -0.4 is 0 Å². The van der Waals surface area contributed by atoms with Gasteiger partial charge in [0.2, 0.25) is 0 Å². The number of aryl methyl sites for hydroxylation is 1. The van der Waals surface area contributed by atoms with Crippen LogP contribution in [0.25, 0.3) is 0 Å².